The summed E-state index contributed by atoms with van der Waals surface area (Å²) in [5.74, 6) is 1.44. The van der Waals surface area contributed by atoms with Gasteiger partial charge in [-0.1, -0.05) is 40.5 Å². The molecule has 1 fully saturated rings. The van der Waals surface area contributed by atoms with Crippen molar-refractivity contribution in [2.24, 2.45) is 11.3 Å². The number of amides is 1. The van der Waals surface area contributed by atoms with E-state index in [4.69, 9.17) is 0 Å². The van der Waals surface area contributed by atoms with E-state index in [0.717, 1.165) is 25.1 Å². The van der Waals surface area contributed by atoms with Gasteiger partial charge in [-0.15, -0.1) is 5.10 Å². The molecule has 21 heavy (non-hydrogen) atoms. The Balaban J connectivity index is 2.02. The summed E-state index contributed by atoms with van der Waals surface area (Å²) < 4.78 is 0. The van der Waals surface area contributed by atoms with Crippen molar-refractivity contribution < 1.29 is 4.79 Å². The van der Waals surface area contributed by atoms with Crippen molar-refractivity contribution in [1.29, 1.82) is 0 Å². The molecule has 1 heterocycles. The smallest absolute Gasteiger partial charge is 0.291 e. The lowest BCUT2D eigenvalue weighted by atomic mass is 9.69. The van der Waals surface area contributed by atoms with E-state index in [-0.39, 0.29) is 23.2 Å². The van der Waals surface area contributed by atoms with E-state index in [9.17, 15) is 4.79 Å². The summed E-state index contributed by atoms with van der Waals surface area (Å²) in [6.45, 7) is 8.86. The lowest BCUT2D eigenvalue weighted by Crippen LogP contribution is -2.46. The number of nitrogens with one attached hydrogen (secondary N) is 2. The normalized spacial score (nSPS) is 23.0. The molecular formula is C16H28N4O. The van der Waals surface area contributed by atoms with Gasteiger partial charge in [-0.25, -0.2) is 4.98 Å². The summed E-state index contributed by atoms with van der Waals surface area (Å²) in [5.41, 5.74) is 0.213. The number of aromatic nitrogens is 3. The Bertz CT molecular complexity index is 475. The van der Waals surface area contributed by atoms with Gasteiger partial charge in [0.15, 0.2) is 0 Å². The third-order valence-corrected chi connectivity index (χ3v) is 4.42. The molecule has 2 unspecified atom stereocenters. The maximum Gasteiger partial charge on any atom is 0.291 e. The number of H-pyrrole nitrogens is 1. The Labute approximate surface area is 127 Å². The minimum absolute atomic E-state index is 0.144. The van der Waals surface area contributed by atoms with Crippen molar-refractivity contribution >= 4 is 5.91 Å². The number of hydrogen-bond donors (Lipinski definition) is 2. The van der Waals surface area contributed by atoms with Gasteiger partial charge < -0.3 is 5.32 Å². The molecular weight excluding hydrogens is 264 g/mol. The number of nitrogens with zero attached hydrogens (tertiary/aromatic N) is 2. The van der Waals surface area contributed by atoms with E-state index in [1.165, 1.54) is 19.3 Å². The standard InChI is InChI=1S/C16H28N4O/c1-5-8-13-18-14(20-19-13)15(21)17-12-10-7-6-9-11(12)16(2,3)4/h11-12H,5-10H2,1-4H3,(H,17,21)(H,18,19,20). The first kappa shape index (κ1) is 16.0. The van der Waals surface area contributed by atoms with E-state index in [1.54, 1.807) is 0 Å². The number of aryl methyl sites for hydroxylation is 1. The molecule has 5 nitrogen and oxygen atoms in total. The van der Waals surface area contributed by atoms with Gasteiger partial charge in [0.25, 0.3) is 5.91 Å². The number of rotatable bonds is 4. The predicted molar refractivity (Wildman–Crippen MR) is 83.0 cm³/mol. The van der Waals surface area contributed by atoms with Crippen molar-refractivity contribution in [3.05, 3.63) is 11.6 Å². The molecule has 0 saturated heterocycles. The van der Waals surface area contributed by atoms with Crippen LogP contribution in [0.5, 0.6) is 0 Å². The zero-order valence-corrected chi connectivity index (χ0v) is 13.7. The Morgan fingerprint density at radius 3 is 2.71 bits per heavy atom. The second-order valence-corrected chi connectivity index (χ2v) is 7.19. The van der Waals surface area contributed by atoms with Crippen molar-refractivity contribution in [1.82, 2.24) is 20.5 Å². The highest BCUT2D eigenvalue weighted by atomic mass is 16.2. The van der Waals surface area contributed by atoms with E-state index in [1.807, 2.05) is 0 Å². The van der Waals surface area contributed by atoms with Crippen LogP contribution >= 0.6 is 0 Å². The molecule has 118 valence electrons. The van der Waals surface area contributed by atoms with Gasteiger partial charge in [-0.05, 0) is 30.6 Å². The topological polar surface area (TPSA) is 70.7 Å². The molecule has 1 aliphatic carbocycles. The molecule has 2 N–H and O–H groups in total. The van der Waals surface area contributed by atoms with Crippen LogP contribution < -0.4 is 5.32 Å². The number of carbonyl (C=O) groups excluding carboxylic acids is 1. The third kappa shape index (κ3) is 4.05. The molecule has 1 amide bonds. The molecule has 0 spiro atoms. The SMILES string of the molecule is CCCc1nc(C(=O)NC2CCCCC2C(C)(C)C)n[nH]1. The van der Waals surface area contributed by atoms with Crippen LogP contribution in [0.25, 0.3) is 0 Å². The van der Waals surface area contributed by atoms with E-state index < -0.39 is 0 Å². The van der Waals surface area contributed by atoms with Gasteiger partial charge in [-0.3, -0.25) is 9.89 Å². The van der Waals surface area contributed by atoms with Crippen molar-refractivity contribution in [3.8, 4) is 0 Å². The lowest BCUT2D eigenvalue weighted by molar-refractivity contribution is 0.0820. The highest BCUT2D eigenvalue weighted by Crippen LogP contribution is 2.38. The zero-order chi connectivity index (χ0) is 15.5. The molecule has 1 aliphatic rings. The molecule has 2 atom stereocenters. The zero-order valence-electron chi connectivity index (χ0n) is 13.7. The van der Waals surface area contributed by atoms with Gasteiger partial charge in [0, 0.05) is 12.5 Å². The molecule has 0 aromatic carbocycles. The highest BCUT2D eigenvalue weighted by Gasteiger charge is 2.35. The summed E-state index contributed by atoms with van der Waals surface area (Å²) in [4.78, 5) is 16.6. The summed E-state index contributed by atoms with van der Waals surface area (Å²) in [7, 11) is 0. The molecule has 0 aliphatic heterocycles. The fourth-order valence-electron chi connectivity index (χ4n) is 3.32. The van der Waals surface area contributed by atoms with E-state index in [0.29, 0.717) is 5.92 Å². The summed E-state index contributed by atoms with van der Waals surface area (Å²) in [6, 6.07) is 0.236. The first-order chi connectivity index (χ1) is 9.91. The third-order valence-electron chi connectivity index (χ3n) is 4.42. The molecule has 1 aromatic rings. The molecule has 0 radical (unpaired) electrons. The Hall–Kier alpha value is -1.39. The summed E-state index contributed by atoms with van der Waals surface area (Å²) in [5, 5.41) is 10.0. The van der Waals surface area contributed by atoms with Crippen LogP contribution in [0.2, 0.25) is 0 Å². The fourth-order valence-corrected chi connectivity index (χ4v) is 3.32. The minimum Gasteiger partial charge on any atom is -0.346 e. The van der Waals surface area contributed by atoms with Crippen LogP contribution in [0.4, 0.5) is 0 Å². The van der Waals surface area contributed by atoms with Crippen LogP contribution in [-0.2, 0) is 6.42 Å². The number of hydrogen-bond acceptors (Lipinski definition) is 3. The van der Waals surface area contributed by atoms with Crippen LogP contribution in [0.3, 0.4) is 0 Å². The van der Waals surface area contributed by atoms with Gasteiger partial charge >= 0.3 is 0 Å². The fraction of sp³-hybridized carbons (Fsp3) is 0.812. The second-order valence-electron chi connectivity index (χ2n) is 7.19. The van der Waals surface area contributed by atoms with Gasteiger partial charge in [0.1, 0.15) is 5.82 Å². The van der Waals surface area contributed by atoms with E-state index >= 15 is 0 Å². The van der Waals surface area contributed by atoms with Crippen molar-refractivity contribution in [3.63, 3.8) is 0 Å². The first-order valence-electron chi connectivity index (χ1n) is 8.14. The van der Waals surface area contributed by atoms with Gasteiger partial charge in [0.05, 0.1) is 0 Å². The van der Waals surface area contributed by atoms with E-state index in [2.05, 4.69) is 48.2 Å². The molecule has 0 bridgehead atoms. The van der Waals surface area contributed by atoms with Gasteiger partial charge in [0.2, 0.25) is 5.82 Å². The maximum atomic E-state index is 12.3. The predicted octanol–water partition coefficient (Wildman–Crippen LogP) is 3.09. The monoisotopic (exact) mass is 292 g/mol. The maximum absolute atomic E-state index is 12.3. The number of carbonyl (C=O) groups is 1. The van der Waals surface area contributed by atoms with Crippen molar-refractivity contribution in [2.45, 2.75) is 72.3 Å². The largest absolute Gasteiger partial charge is 0.346 e. The van der Waals surface area contributed by atoms with Crippen LogP contribution in [0, 0.1) is 11.3 Å². The Kier molecular flexibility index (Phi) is 5.01. The van der Waals surface area contributed by atoms with Crippen LogP contribution in [0.1, 0.15) is 76.2 Å². The minimum atomic E-state index is -0.144. The Morgan fingerprint density at radius 2 is 2.05 bits per heavy atom. The van der Waals surface area contributed by atoms with Gasteiger partial charge in [-0.2, -0.15) is 0 Å². The summed E-state index contributed by atoms with van der Waals surface area (Å²) >= 11 is 0. The highest BCUT2D eigenvalue weighted by molar-refractivity contribution is 5.90. The van der Waals surface area contributed by atoms with Crippen molar-refractivity contribution in [2.75, 3.05) is 0 Å². The lowest BCUT2D eigenvalue weighted by Gasteiger charge is -2.40. The molecule has 5 heteroatoms. The Morgan fingerprint density at radius 1 is 1.33 bits per heavy atom. The molecule has 1 aromatic heterocycles. The van der Waals surface area contributed by atoms with Crippen LogP contribution in [-0.4, -0.2) is 27.1 Å². The second kappa shape index (κ2) is 6.58. The average molecular weight is 292 g/mol. The summed E-state index contributed by atoms with van der Waals surface area (Å²) in [6.07, 6.45) is 6.50. The first-order valence-corrected chi connectivity index (χ1v) is 8.14. The average Bonchev–Trinajstić information content (AvgIpc) is 2.87. The van der Waals surface area contributed by atoms with Crippen LogP contribution in [0.15, 0.2) is 0 Å². The molecule has 1 saturated carbocycles. The quantitative estimate of drug-likeness (QED) is 0.896. The number of aromatic amines is 1. The molecule has 2 rings (SSSR count).